The molecule has 0 aliphatic heterocycles. The van der Waals surface area contributed by atoms with Gasteiger partial charge in [0.1, 0.15) is 0 Å². The summed E-state index contributed by atoms with van der Waals surface area (Å²) in [4.78, 5) is 34.1. The summed E-state index contributed by atoms with van der Waals surface area (Å²) >= 11 is 1.29. The minimum atomic E-state index is -0.532. The van der Waals surface area contributed by atoms with E-state index in [1.54, 1.807) is 31.2 Å². The van der Waals surface area contributed by atoms with Gasteiger partial charge in [-0.2, -0.15) is 0 Å². The van der Waals surface area contributed by atoms with E-state index >= 15 is 0 Å². The summed E-state index contributed by atoms with van der Waals surface area (Å²) in [5.74, 6) is -0.750. The maximum atomic E-state index is 12.2. The average molecular weight is 345 g/mol. The standard InChI is InChI=1S/C16H15N3O4S/c1-10(24-14-8-6-13(7-9-14)19(22)23)16(21)18-12-4-2-11(3-5-12)15(17)20/h2-10H,1H3,(H2,17,20)(H,18,21). The second-order valence-corrected chi connectivity index (χ2v) is 6.36. The molecule has 0 radical (unpaired) electrons. The fourth-order valence-electron chi connectivity index (χ4n) is 1.87. The van der Waals surface area contributed by atoms with Gasteiger partial charge in [0.25, 0.3) is 5.69 Å². The third-order valence-electron chi connectivity index (χ3n) is 3.17. The Morgan fingerprint density at radius 1 is 1.12 bits per heavy atom. The molecule has 7 nitrogen and oxygen atoms in total. The Labute approximate surface area is 142 Å². The van der Waals surface area contributed by atoms with E-state index in [1.165, 1.54) is 36.0 Å². The van der Waals surface area contributed by atoms with Crippen molar-refractivity contribution in [1.29, 1.82) is 0 Å². The Morgan fingerprint density at radius 3 is 2.21 bits per heavy atom. The van der Waals surface area contributed by atoms with Gasteiger partial charge in [-0.05, 0) is 43.3 Å². The Morgan fingerprint density at radius 2 is 1.71 bits per heavy atom. The number of rotatable bonds is 6. The van der Waals surface area contributed by atoms with E-state index in [0.717, 1.165) is 4.90 Å². The number of carbonyl (C=O) groups is 2. The summed E-state index contributed by atoms with van der Waals surface area (Å²) in [6.45, 7) is 1.74. The highest BCUT2D eigenvalue weighted by molar-refractivity contribution is 8.00. The van der Waals surface area contributed by atoms with E-state index < -0.39 is 16.1 Å². The van der Waals surface area contributed by atoms with Crippen molar-refractivity contribution >= 4 is 35.0 Å². The molecule has 0 heterocycles. The molecule has 1 atom stereocenters. The number of benzene rings is 2. The second-order valence-electron chi connectivity index (χ2n) is 4.94. The summed E-state index contributed by atoms with van der Waals surface area (Å²) in [6, 6.07) is 12.3. The molecule has 0 aliphatic carbocycles. The van der Waals surface area contributed by atoms with Crippen molar-refractivity contribution in [3.63, 3.8) is 0 Å². The van der Waals surface area contributed by atoms with Crippen LogP contribution in [-0.2, 0) is 4.79 Å². The van der Waals surface area contributed by atoms with Gasteiger partial charge in [-0.25, -0.2) is 0 Å². The van der Waals surface area contributed by atoms with Gasteiger partial charge < -0.3 is 11.1 Å². The lowest BCUT2D eigenvalue weighted by Crippen LogP contribution is -2.22. The molecule has 1 unspecified atom stereocenters. The predicted molar refractivity (Wildman–Crippen MR) is 92.0 cm³/mol. The van der Waals surface area contributed by atoms with E-state index in [1.807, 2.05) is 0 Å². The Balaban J connectivity index is 1.96. The molecule has 124 valence electrons. The number of hydrogen-bond donors (Lipinski definition) is 2. The van der Waals surface area contributed by atoms with Crippen LogP contribution in [0.15, 0.2) is 53.4 Å². The van der Waals surface area contributed by atoms with Crippen molar-refractivity contribution in [1.82, 2.24) is 0 Å². The number of thioether (sulfide) groups is 1. The summed E-state index contributed by atoms with van der Waals surface area (Å²) in [5, 5.41) is 13.0. The first-order chi connectivity index (χ1) is 11.4. The second kappa shape index (κ2) is 7.60. The van der Waals surface area contributed by atoms with Gasteiger partial charge in [-0.15, -0.1) is 11.8 Å². The molecule has 0 aromatic heterocycles. The predicted octanol–water partition coefficient (Wildman–Crippen LogP) is 2.81. The first kappa shape index (κ1) is 17.5. The molecule has 3 N–H and O–H groups in total. The third kappa shape index (κ3) is 4.56. The molecule has 0 fully saturated rings. The molecule has 2 rings (SSSR count). The first-order valence-electron chi connectivity index (χ1n) is 6.98. The van der Waals surface area contributed by atoms with Crippen LogP contribution in [0.2, 0.25) is 0 Å². The molecule has 0 saturated carbocycles. The number of nitrogens with zero attached hydrogens (tertiary/aromatic N) is 1. The van der Waals surface area contributed by atoms with Crippen molar-refractivity contribution < 1.29 is 14.5 Å². The minimum Gasteiger partial charge on any atom is -0.366 e. The van der Waals surface area contributed by atoms with Crippen LogP contribution >= 0.6 is 11.8 Å². The fourth-order valence-corrected chi connectivity index (χ4v) is 2.73. The highest BCUT2D eigenvalue weighted by Crippen LogP contribution is 2.26. The van der Waals surface area contributed by atoms with Crippen LogP contribution in [0.4, 0.5) is 11.4 Å². The van der Waals surface area contributed by atoms with E-state index in [-0.39, 0.29) is 11.6 Å². The number of primary amides is 1. The number of carbonyl (C=O) groups excluding carboxylic acids is 2. The van der Waals surface area contributed by atoms with Crippen LogP contribution in [0.3, 0.4) is 0 Å². The molecule has 2 aromatic carbocycles. The maximum absolute atomic E-state index is 12.2. The highest BCUT2D eigenvalue weighted by Gasteiger charge is 2.15. The van der Waals surface area contributed by atoms with Gasteiger partial charge in [-0.1, -0.05) is 0 Å². The minimum absolute atomic E-state index is 0.00555. The summed E-state index contributed by atoms with van der Waals surface area (Å²) in [5.41, 5.74) is 6.08. The lowest BCUT2D eigenvalue weighted by Gasteiger charge is -2.12. The molecular weight excluding hydrogens is 330 g/mol. The molecule has 24 heavy (non-hydrogen) atoms. The Hall–Kier alpha value is -2.87. The number of nitrogens with one attached hydrogen (secondary N) is 1. The van der Waals surface area contributed by atoms with Crippen molar-refractivity contribution in [2.24, 2.45) is 5.73 Å². The van der Waals surface area contributed by atoms with Crippen LogP contribution in [0.5, 0.6) is 0 Å². The maximum Gasteiger partial charge on any atom is 0.269 e. The van der Waals surface area contributed by atoms with Crippen molar-refractivity contribution in [2.45, 2.75) is 17.1 Å². The van der Waals surface area contributed by atoms with Crippen LogP contribution < -0.4 is 11.1 Å². The molecule has 0 aliphatic rings. The zero-order chi connectivity index (χ0) is 17.7. The zero-order valence-electron chi connectivity index (χ0n) is 12.8. The SMILES string of the molecule is CC(Sc1ccc([N+](=O)[O-])cc1)C(=O)Nc1ccc(C(N)=O)cc1. The van der Waals surface area contributed by atoms with E-state index in [4.69, 9.17) is 5.73 Å². The van der Waals surface area contributed by atoms with Crippen LogP contribution in [-0.4, -0.2) is 22.0 Å². The zero-order valence-corrected chi connectivity index (χ0v) is 13.6. The normalized spacial score (nSPS) is 11.5. The number of anilines is 1. The number of non-ortho nitro benzene ring substituents is 1. The molecule has 0 bridgehead atoms. The molecule has 0 saturated heterocycles. The van der Waals surface area contributed by atoms with Gasteiger partial charge >= 0.3 is 0 Å². The van der Waals surface area contributed by atoms with Gasteiger partial charge in [-0.3, -0.25) is 19.7 Å². The van der Waals surface area contributed by atoms with Crippen molar-refractivity contribution in [3.8, 4) is 0 Å². The Bertz CT molecular complexity index is 760. The highest BCUT2D eigenvalue weighted by atomic mass is 32.2. The van der Waals surface area contributed by atoms with E-state index in [9.17, 15) is 19.7 Å². The largest absolute Gasteiger partial charge is 0.366 e. The topological polar surface area (TPSA) is 115 Å². The molecule has 2 aromatic rings. The van der Waals surface area contributed by atoms with Crippen LogP contribution in [0.25, 0.3) is 0 Å². The van der Waals surface area contributed by atoms with Gasteiger partial charge in [0, 0.05) is 28.3 Å². The van der Waals surface area contributed by atoms with Crippen molar-refractivity contribution in [3.05, 3.63) is 64.2 Å². The molecule has 0 spiro atoms. The fraction of sp³-hybridized carbons (Fsp3) is 0.125. The van der Waals surface area contributed by atoms with Crippen molar-refractivity contribution in [2.75, 3.05) is 5.32 Å². The Kier molecular flexibility index (Phi) is 5.54. The van der Waals surface area contributed by atoms with Crippen LogP contribution in [0.1, 0.15) is 17.3 Å². The van der Waals surface area contributed by atoms with Crippen LogP contribution in [0, 0.1) is 10.1 Å². The lowest BCUT2D eigenvalue weighted by molar-refractivity contribution is -0.384. The number of hydrogen-bond acceptors (Lipinski definition) is 5. The molecular formula is C16H15N3O4S. The molecule has 2 amide bonds. The van der Waals surface area contributed by atoms with Gasteiger partial charge in [0.05, 0.1) is 10.2 Å². The molecule has 8 heteroatoms. The van der Waals surface area contributed by atoms with E-state index in [0.29, 0.717) is 11.3 Å². The van der Waals surface area contributed by atoms with Gasteiger partial charge in [0.2, 0.25) is 11.8 Å². The van der Waals surface area contributed by atoms with Gasteiger partial charge in [0.15, 0.2) is 0 Å². The summed E-state index contributed by atoms with van der Waals surface area (Å²) in [6.07, 6.45) is 0. The lowest BCUT2D eigenvalue weighted by atomic mass is 10.2. The monoisotopic (exact) mass is 345 g/mol. The van der Waals surface area contributed by atoms with E-state index in [2.05, 4.69) is 5.32 Å². The smallest absolute Gasteiger partial charge is 0.269 e. The first-order valence-corrected chi connectivity index (χ1v) is 7.86. The number of nitro groups is 1. The quantitative estimate of drug-likeness (QED) is 0.474. The number of amides is 2. The number of nitro benzene ring substituents is 1. The summed E-state index contributed by atoms with van der Waals surface area (Å²) in [7, 11) is 0. The number of nitrogens with two attached hydrogens (primary N) is 1. The third-order valence-corrected chi connectivity index (χ3v) is 4.28. The average Bonchev–Trinajstić information content (AvgIpc) is 2.55. The summed E-state index contributed by atoms with van der Waals surface area (Å²) < 4.78 is 0.